The topological polar surface area (TPSA) is 58.6 Å². The Bertz CT molecular complexity index is 255. The summed E-state index contributed by atoms with van der Waals surface area (Å²) >= 11 is 0. The zero-order chi connectivity index (χ0) is 11.4. The van der Waals surface area contributed by atoms with E-state index >= 15 is 0 Å². The molecule has 5 heteroatoms. The molecule has 1 aliphatic rings. The van der Waals surface area contributed by atoms with Crippen LogP contribution in [0.2, 0.25) is 0 Å². The summed E-state index contributed by atoms with van der Waals surface area (Å²) in [6, 6.07) is -0.0663. The Morgan fingerprint density at radius 1 is 1.53 bits per heavy atom. The van der Waals surface area contributed by atoms with E-state index in [1.807, 2.05) is 11.8 Å². The molecule has 15 heavy (non-hydrogen) atoms. The highest BCUT2D eigenvalue weighted by Gasteiger charge is 2.30. The van der Waals surface area contributed by atoms with Crippen LogP contribution in [0, 0.1) is 0 Å². The monoisotopic (exact) mass is 214 g/mol. The molecule has 0 spiro atoms. The highest BCUT2D eigenvalue weighted by atomic mass is 16.5. The van der Waals surface area contributed by atoms with Gasteiger partial charge in [-0.15, -0.1) is 0 Å². The predicted octanol–water partition coefficient (Wildman–Crippen LogP) is -0.242. The molecule has 0 saturated carbocycles. The Kier molecular flexibility index (Phi) is 4.08. The fraction of sp³-hybridized carbons (Fsp3) is 0.800. The van der Waals surface area contributed by atoms with Crippen molar-refractivity contribution in [3.8, 4) is 0 Å². The molecule has 2 unspecified atom stereocenters. The number of hydrogen-bond donors (Lipinski definition) is 1. The van der Waals surface area contributed by atoms with Crippen LogP contribution in [-0.4, -0.2) is 49.1 Å². The lowest BCUT2D eigenvalue weighted by atomic mass is 10.2. The lowest BCUT2D eigenvalue weighted by Gasteiger charge is -2.21. The Hall–Kier alpha value is -1.10. The molecule has 0 aromatic carbocycles. The minimum Gasteiger partial charge on any atom is -0.468 e. The molecule has 0 aliphatic carbocycles. The summed E-state index contributed by atoms with van der Waals surface area (Å²) in [6.07, 6.45) is 0.890. The number of nitrogens with zero attached hydrogens (tertiary/aromatic N) is 1. The van der Waals surface area contributed by atoms with E-state index in [-0.39, 0.29) is 24.0 Å². The summed E-state index contributed by atoms with van der Waals surface area (Å²) in [6.45, 7) is 4.87. The van der Waals surface area contributed by atoms with E-state index in [0.29, 0.717) is 0 Å². The van der Waals surface area contributed by atoms with Gasteiger partial charge >= 0.3 is 5.97 Å². The molecule has 0 aromatic heterocycles. The predicted molar refractivity (Wildman–Crippen MR) is 55.3 cm³/mol. The highest BCUT2D eigenvalue weighted by molar-refractivity contribution is 5.75. The number of esters is 1. The number of methoxy groups -OCH3 is 1. The van der Waals surface area contributed by atoms with Gasteiger partial charge in [-0.3, -0.25) is 14.5 Å². The molecule has 2 atom stereocenters. The standard InChI is InChI=1S/C10H18N2O3/c1-7(10(14)15-3)12-5-4-9(6-12)11-8(2)13/h7,9H,4-6H2,1-3H3,(H,11,13). The van der Waals surface area contributed by atoms with E-state index in [1.54, 1.807) is 0 Å². The van der Waals surface area contributed by atoms with Crippen LogP contribution in [0.15, 0.2) is 0 Å². The van der Waals surface area contributed by atoms with Crippen molar-refractivity contribution in [1.29, 1.82) is 0 Å². The van der Waals surface area contributed by atoms with Crippen molar-refractivity contribution in [3.05, 3.63) is 0 Å². The van der Waals surface area contributed by atoms with Crippen molar-refractivity contribution >= 4 is 11.9 Å². The number of nitrogens with one attached hydrogen (secondary N) is 1. The van der Waals surface area contributed by atoms with Gasteiger partial charge < -0.3 is 10.1 Å². The molecule has 1 aliphatic heterocycles. The maximum absolute atomic E-state index is 11.3. The van der Waals surface area contributed by atoms with Crippen molar-refractivity contribution < 1.29 is 14.3 Å². The van der Waals surface area contributed by atoms with Crippen LogP contribution in [-0.2, 0) is 14.3 Å². The van der Waals surface area contributed by atoms with Gasteiger partial charge in [-0.05, 0) is 13.3 Å². The lowest BCUT2D eigenvalue weighted by molar-refractivity contribution is -0.145. The molecule has 0 radical (unpaired) electrons. The minimum atomic E-state index is -0.228. The molecule has 1 rings (SSSR count). The molecule has 0 bridgehead atoms. The van der Waals surface area contributed by atoms with Crippen LogP contribution in [0.5, 0.6) is 0 Å². The minimum absolute atomic E-state index is 0.0208. The van der Waals surface area contributed by atoms with Gasteiger partial charge in [-0.2, -0.15) is 0 Å². The van der Waals surface area contributed by atoms with Crippen molar-refractivity contribution in [3.63, 3.8) is 0 Å². The molecule has 0 aromatic rings. The van der Waals surface area contributed by atoms with Gasteiger partial charge in [0.15, 0.2) is 0 Å². The van der Waals surface area contributed by atoms with Gasteiger partial charge in [0.2, 0.25) is 5.91 Å². The lowest BCUT2D eigenvalue weighted by Crippen LogP contribution is -2.41. The molecule has 1 fully saturated rings. The van der Waals surface area contributed by atoms with E-state index in [1.165, 1.54) is 14.0 Å². The highest BCUT2D eigenvalue weighted by Crippen LogP contribution is 2.13. The molecular weight excluding hydrogens is 196 g/mol. The Morgan fingerprint density at radius 3 is 2.73 bits per heavy atom. The van der Waals surface area contributed by atoms with Crippen LogP contribution in [0.3, 0.4) is 0 Å². The molecule has 86 valence electrons. The summed E-state index contributed by atoms with van der Waals surface area (Å²) < 4.78 is 4.67. The number of likely N-dealkylation sites (tertiary alicyclic amines) is 1. The second-order valence-corrected chi connectivity index (χ2v) is 3.88. The average Bonchev–Trinajstić information content (AvgIpc) is 2.63. The summed E-state index contributed by atoms with van der Waals surface area (Å²) in [5, 5.41) is 2.85. The van der Waals surface area contributed by atoms with Crippen LogP contribution >= 0.6 is 0 Å². The van der Waals surface area contributed by atoms with Crippen LogP contribution < -0.4 is 5.32 Å². The zero-order valence-electron chi connectivity index (χ0n) is 9.45. The largest absolute Gasteiger partial charge is 0.468 e. The smallest absolute Gasteiger partial charge is 0.322 e. The zero-order valence-corrected chi connectivity index (χ0v) is 9.45. The number of carbonyl (C=O) groups excluding carboxylic acids is 2. The van der Waals surface area contributed by atoms with Crippen molar-refractivity contribution in [1.82, 2.24) is 10.2 Å². The van der Waals surface area contributed by atoms with Gasteiger partial charge in [0.1, 0.15) is 6.04 Å². The van der Waals surface area contributed by atoms with Gasteiger partial charge in [0, 0.05) is 26.1 Å². The Balaban J connectivity index is 2.41. The normalized spacial score (nSPS) is 23.5. The maximum atomic E-state index is 11.3. The first-order valence-electron chi connectivity index (χ1n) is 5.13. The molecule has 1 N–H and O–H groups in total. The SMILES string of the molecule is COC(=O)C(C)N1CCC(NC(C)=O)C1. The number of rotatable bonds is 3. The van der Waals surface area contributed by atoms with Gasteiger partial charge in [-0.1, -0.05) is 0 Å². The first-order valence-corrected chi connectivity index (χ1v) is 5.13. The fourth-order valence-electron chi connectivity index (χ4n) is 1.86. The third-order valence-corrected chi connectivity index (χ3v) is 2.72. The molecule has 1 amide bonds. The molecule has 5 nitrogen and oxygen atoms in total. The summed E-state index contributed by atoms with van der Waals surface area (Å²) in [5.41, 5.74) is 0. The second-order valence-electron chi connectivity index (χ2n) is 3.88. The summed E-state index contributed by atoms with van der Waals surface area (Å²) in [4.78, 5) is 24.1. The maximum Gasteiger partial charge on any atom is 0.322 e. The quantitative estimate of drug-likeness (QED) is 0.659. The van der Waals surface area contributed by atoms with Crippen LogP contribution in [0.25, 0.3) is 0 Å². The van der Waals surface area contributed by atoms with Gasteiger partial charge in [0.05, 0.1) is 7.11 Å². The number of carbonyl (C=O) groups is 2. The molecular formula is C10H18N2O3. The third kappa shape index (κ3) is 3.20. The van der Waals surface area contributed by atoms with Crippen LogP contribution in [0.4, 0.5) is 0 Å². The number of hydrogen-bond acceptors (Lipinski definition) is 4. The van der Waals surface area contributed by atoms with E-state index in [0.717, 1.165) is 19.5 Å². The second kappa shape index (κ2) is 5.11. The number of amides is 1. The first kappa shape index (κ1) is 12.0. The average molecular weight is 214 g/mol. The Morgan fingerprint density at radius 2 is 2.20 bits per heavy atom. The number of ether oxygens (including phenoxy) is 1. The third-order valence-electron chi connectivity index (χ3n) is 2.72. The summed E-state index contributed by atoms with van der Waals surface area (Å²) in [5.74, 6) is -0.244. The first-order chi connectivity index (χ1) is 7.04. The summed E-state index contributed by atoms with van der Waals surface area (Å²) in [7, 11) is 1.39. The van der Waals surface area contributed by atoms with Crippen molar-refractivity contribution in [2.75, 3.05) is 20.2 Å². The van der Waals surface area contributed by atoms with Gasteiger partial charge in [-0.25, -0.2) is 0 Å². The van der Waals surface area contributed by atoms with E-state index in [2.05, 4.69) is 10.1 Å². The molecule has 1 saturated heterocycles. The Labute approximate surface area is 89.8 Å². The van der Waals surface area contributed by atoms with Crippen molar-refractivity contribution in [2.45, 2.75) is 32.4 Å². The fourth-order valence-corrected chi connectivity index (χ4v) is 1.86. The van der Waals surface area contributed by atoms with E-state index in [4.69, 9.17) is 0 Å². The van der Waals surface area contributed by atoms with E-state index in [9.17, 15) is 9.59 Å². The van der Waals surface area contributed by atoms with E-state index < -0.39 is 0 Å². The van der Waals surface area contributed by atoms with Gasteiger partial charge in [0.25, 0.3) is 0 Å². The van der Waals surface area contributed by atoms with Crippen molar-refractivity contribution in [2.24, 2.45) is 0 Å². The van der Waals surface area contributed by atoms with Crippen LogP contribution in [0.1, 0.15) is 20.3 Å². The molecule has 1 heterocycles.